The van der Waals surface area contributed by atoms with Gasteiger partial charge in [0.2, 0.25) is 17.7 Å². The molecule has 0 aliphatic carbocycles. The molecule has 64 heavy (non-hydrogen) atoms. The van der Waals surface area contributed by atoms with Crippen molar-refractivity contribution in [3.8, 4) is 23.3 Å². The minimum atomic E-state index is -4.03. The molecule has 20 heteroatoms. The van der Waals surface area contributed by atoms with Crippen LogP contribution in [-0.4, -0.2) is 112 Å². The van der Waals surface area contributed by atoms with Crippen LogP contribution in [0.25, 0.3) is 16.6 Å². The molecule has 1 atom stereocenters. The Morgan fingerprint density at radius 2 is 1.77 bits per heavy atom. The molecule has 5 aromatic rings. The molecule has 18 nitrogen and oxygen atoms in total. The molecule has 3 fully saturated rings. The van der Waals surface area contributed by atoms with Gasteiger partial charge in [0.25, 0.3) is 5.56 Å². The third-order valence-corrected chi connectivity index (χ3v) is 13.8. The lowest BCUT2D eigenvalue weighted by molar-refractivity contribution is -0.134. The van der Waals surface area contributed by atoms with Crippen LogP contribution in [-0.2, 0) is 24.6 Å². The number of fused-ring (bicyclic) bond motifs is 1. The molecule has 2 aromatic heterocycles. The second-order valence-electron chi connectivity index (χ2n) is 16.2. The quantitative estimate of drug-likeness (QED) is 0.142. The number of anilines is 2. The highest BCUT2D eigenvalue weighted by atomic mass is 32.2. The van der Waals surface area contributed by atoms with Crippen molar-refractivity contribution >= 4 is 50.2 Å². The molecule has 3 aromatic carbocycles. The summed E-state index contributed by atoms with van der Waals surface area (Å²) in [6, 6.07) is 16.0. The summed E-state index contributed by atoms with van der Waals surface area (Å²) in [4.78, 5) is 59.3. The number of amides is 3. The molecule has 334 valence electrons. The monoisotopic (exact) mass is 893 g/mol. The summed E-state index contributed by atoms with van der Waals surface area (Å²) < 4.78 is 52.7. The minimum Gasteiger partial charge on any atom is -0.453 e. The maximum absolute atomic E-state index is 15.1. The number of nitriles is 1. The Balaban J connectivity index is 0.847. The Hall–Kier alpha value is -6.69. The van der Waals surface area contributed by atoms with E-state index in [1.807, 2.05) is 27.8 Å². The van der Waals surface area contributed by atoms with Gasteiger partial charge < -0.3 is 15.0 Å². The van der Waals surface area contributed by atoms with Gasteiger partial charge in [0, 0.05) is 58.1 Å². The first kappa shape index (κ1) is 43.9. The van der Waals surface area contributed by atoms with E-state index in [4.69, 9.17) is 4.74 Å². The summed E-state index contributed by atoms with van der Waals surface area (Å²) in [5, 5.41) is 20.2. The number of aromatic nitrogens is 4. The molecule has 1 unspecified atom stereocenters. The molecule has 3 N–H and O–H groups in total. The van der Waals surface area contributed by atoms with Gasteiger partial charge in [-0.3, -0.25) is 43.4 Å². The van der Waals surface area contributed by atoms with Crippen LogP contribution in [0.3, 0.4) is 0 Å². The summed E-state index contributed by atoms with van der Waals surface area (Å²) in [5.41, 5.74) is 1.89. The van der Waals surface area contributed by atoms with Gasteiger partial charge in [-0.1, -0.05) is 19.1 Å². The van der Waals surface area contributed by atoms with Crippen LogP contribution in [0.5, 0.6) is 11.5 Å². The fourth-order valence-electron chi connectivity index (χ4n) is 8.34. The van der Waals surface area contributed by atoms with Gasteiger partial charge >= 0.3 is 10.2 Å². The van der Waals surface area contributed by atoms with Crippen LogP contribution < -0.4 is 25.7 Å². The molecule has 0 radical (unpaired) electrons. The zero-order valence-corrected chi connectivity index (χ0v) is 36.2. The number of hydrogen-bond acceptors (Lipinski definition) is 12. The lowest BCUT2D eigenvalue weighted by atomic mass is 9.89. The molecular formula is C44H48FN11O7S. The highest BCUT2D eigenvalue weighted by Crippen LogP contribution is 2.35. The number of hydrogen-bond donors (Lipinski definition) is 3. The highest BCUT2D eigenvalue weighted by molar-refractivity contribution is 7.90. The predicted octanol–water partition coefficient (Wildman–Crippen LogP) is 4.25. The van der Waals surface area contributed by atoms with Crippen molar-refractivity contribution in [1.29, 1.82) is 5.26 Å². The fourth-order valence-corrected chi connectivity index (χ4v) is 9.28. The largest absolute Gasteiger partial charge is 0.453 e. The smallest absolute Gasteiger partial charge is 0.301 e. The van der Waals surface area contributed by atoms with Gasteiger partial charge in [0.15, 0.2) is 11.6 Å². The molecule has 3 saturated heterocycles. The van der Waals surface area contributed by atoms with Crippen LogP contribution in [0.2, 0.25) is 0 Å². The van der Waals surface area contributed by atoms with Crippen LogP contribution >= 0.6 is 0 Å². The standard InChI is InChI=1S/C44H48FN11O7S/c1-3-52(2)64(61,62)51-38-11-9-36(45)42(35(38)23-46)63-33-8-10-37-34(22-33)44(60)55(27-47-37)32-24-48-56(25-32)31-16-18-53(19-17-31)26-41(58)54-20-14-29(15-21-54)28-4-6-30(7-5-28)49-39-12-13-40(57)50-43(39)59/h4-11,22,24-25,27,29,31,39,49,51H,3,12-21,26H2,1-2H3,(H,50,57,59). The summed E-state index contributed by atoms with van der Waals surface area (Å²) in [6.07, 6.45) is 8.80. The van der Waals surface area contributed by atoms with E-state index < -0.39 is 33.4 Å². The van der Waals surface area contributed by atoms with Crippen molar-refractivity contribution in [3.63, 3.8) is 0 Å². The number of benzene rings is 3. The average molecular weight is 894 g/mol. The highest BCUT2D eigenvalue weighted by Gasteiger charge is 2.29. The van der Waals surface area contributed by atoms with E-state index in [2.05, 4.69) is 42.5 Å². The molecular weight excluding hydrogens is 846 g/mol. The zero-order valence-electron chi connectivity index (χ0n) is 35.4. The molecule has 0 bridgehead atoms. The van der Waals surface area contributed by atoms with Crippen molar-refractivity contribution in [2.45, 2.75) is 63.5 Å². The fraction of sp³-hybridized carbons (Fsp3) is 0.386. The maximum Gasteiger partial charge on any atom is 0.301 e. The number of rotatable bonds is 13. The number of carbonyl (C=O) groups excluding carboxylic acids is 3. The Bertz CT molecular complexity index is 2790. The zero-order chi connectivity index (χ0) is 45.1. The summed E-state index contributed by atoms with van der Waals surface area (Å²) >= 11 is 0. The molecule has 0 saturated carbocycles. The van der Waals surface area contributed by atoms with Gasteiger partial charge in [-0.05, 0) is 86.1 Å². The Labute approximate surface area is 368 Å². The van der Waals surface area contributed by atoms with Crippen LogP contribution in [0, 0.1) is 17.1 Å². The van der Waals surface area contributed by atoms with E-state index in [-0.39, 0.29) is 52.7 Å². The summed E-state index contributed by atoms with van der Waals surface area (Å²) in [6.45, 7) is 4.92. The lowest BCUT2D eigenvalue weighted by Crippen LogP contribution is -2.47. The number of halogens is 1. The third-order valence-electron chi connectivity index (χ3n) is 12.2. The lowest BCUT2D eigenvalue weighted by Gasteiger charge is -2.36. The van der Waals surface area contributed by atoms with E-state index in [1.165, 1.54) is 41.7 Å². The van der Waals surface area contributed by atoms with Crippen molar-refractivity contribution in [2.24, 2.45) is 0 Å². The summed E-state index contributed by atoms with van der Waals surface area (Å²) in [7, 11) is -2.67. The third kappa shape index (κ3) is 9.46. The van der Waals surface area contributed by atoms with Crippen LogP contribution in [0.15, 0.2) is 78.1 Å². The molecule has 3 aliphatic heterocycles. The van der Waals surface area contributed by atoms with Gasteiger partial charge in [0.05, 0.1) is 41.1 Å². The van der Waals surface area contributed by atoms with Crippen molar-refractivity contribution < 1.29 is 31.9 Å². The molecule has 0 spiro atoms. The Kier molecular flexibility index (Phi) is 12.8. The van der Waals surface area contributed by atoms with E-state index in [9.17, 15) is 32.9 Å². The van der Waals surface area contributed by atoms with Gasteiger partial charge in [-0.15, -0.1) is 0 Å². The number of piperidine rings is 3. The van der Waals surface area contributed by atoms with Crippen molar-refractivity contribution in [3.05, 3.63) is 101 Å². The van der Waals surface area contributed by atoms with Gasteiger partial charge in [-0.2, -0.15) is 23.1 Å². The predicted molar refractivity (Wildman–Crippen MR) is 235 cm³/mol. The van der Waals surface area contributed by atoms with Crippen molar-refractivity contribution in [2.75, 3.05) is 56.4 Å². The number of imide groups is 1. The summed E-state index contributed by atoms with van der Waals surface area (Å²) in [5.74, 6) is -1.48. The second-order valence-corrected chi connectivity index (χ2v) is 18.0. The van der Waals surface area contributed by atoms with E-state index in [0.29, 0.717) is 62.7 Å². The van der Waals surface area contributed by atoms with Gasteiger partial charge in [0.1, 0.15) is 29.8 Å². The minimum absolute atomic E-state index is 0.0286. The number of ether oxygens (including phenoxy) is 1. The van der Waals surface area contributed by atoms with E-state index >= 15 is 4.39 Å². The number of carbonyl (C=O) groups is 3. The molecule has 5 heterocycles. The van der Waals surface area contributed by atoms with Crippen LogP contribution in [0.4, 0.5) is 15.8 Å². The van der Waals surface area contributed by atoms with E-state index in [0.717, 1.165) is 47.8 Å². The Morgan fingerprint density at radius 3 is 2.47 bits per heavy atom. The van der Waals surface area contributed by atoms with Crippen molar-refractivity contribution in [1.82, 2.24) is 38.8 Å². The first-order valence-corrected chi connectivity index (χ1v) is 22.6. The molecule has 8 rings (SSSR count). The second kappa shape index (κ2) is 18.6. The maximum atomic E-state index is 15.1. The number of nitrogens with one attached hydrogen (secondary N) is 3. The van der Waals surface area contributed by atoms with Gasteiger partial charge in [-0.25, -0.2) is 9.37 Å². The van der Waals surface area contributed by atoms with E-state index in [1.54, 1.807) is 19.3 Å². The average Bonchev–Trinajstić information content (AvgIpc) is 3.79. The Morgan fingerprint density at radius 1 is 1.02 bits per heavy atom. The number of nitrogens with zero attached hydrogens (tertiary/aromatic N) is 8. The topological polar surface area (TPSA) is 217 Å². The number of likely N-dealkylation sites (tertiary alicyclic amines) is 2. The first-order chi connectivity index (χ1) is 30.8. The molecule has 3 aliphatic rings. The SMILES string of the molecule is CCN(C)S(=O)(=O)Nc1ccc(F)c(Oc2ccc3ncn(-c4cnn(C5CCN(CC(=O)N6CCC(c7ccc(NC8CCC(=O)NC8=O)cc7)CC6)CC5)c4)c(=O)c3c2)c1C#N. The van der Waals surface area contributed by atoms with Crippen LogP contribution in [0.1, 0.15) is 68.5 Å². The molecule has 3 amide bonds. The first-order valence-electron chi connectivity index (χ1n) is 21.2. The normalized spacial score (nSPS) is 17.9.